The van der Waals surface area contributed by atoms with Crippen LogP contribution in [0.5, 0.6) is 11.5 Å². The van der Waals surface area contributed by atoms with Crippen molar-refractivity contribution in [2.45, 2.75) is 26.7 Å². The van der Waals surface area contributed by atoms with Crippen molar-refractivity contribution in [3.05, 3.63) is 99.1 Å². The van der Waals surface area contributed by atoms with Gasteiger partial charge in [0.1, 0.15) is 11.5 Å². The lowest BCUT2D eigenvalue weighted by molar-refractivity contribution is -0.384. The van der Waals surface area contributed by atoms with Crippen molar-refractivity contribution in [3.8, 4) is 11.5 Å². The summed E-state index contributed by atoms with van der Waals surface area (Å²) in [5, 5.41) is 14.6. The van der Waals surface area contributed by atoms with Gasteiger partial charge in [-0.2, -0.15) is 5.10 Å². The average molecular weight is 476 g/mol. The normalized spacial score (nSPS) is 10.9. The van der Waals surface area contributed by atoms with Crippen LogP contribution in [0.2, 0.25) is 0 Å². The third-order valence-corrected chi connectivity index (χ3v) is 4.96. The number of aryl methyl sites for hydroxylation is 1. The summed E-state index contributed by atoms with van der Waals surface area (Å²) in [5.74, 6) is 0.206. The number of carbonyl (C=O) groups excluding carboxylic acids is 2. The maximum Gasteiger partial charge on any atom is 0.343 e. The number of non-ortho nitro benzene ring substituents is 1. The van der Waals surface area contributed by atoms with E-state index in [1.54, 1.807) is 24.3 Å². The van der Waals surface area contributed by atoms with E-state index in [9.17, 15) is 19.7 Å². The van der Waals surface area contributed by atoms with Gasteiger partial charge < -0.3 is 9.47 Å². The number of rotatable bonds is 9. The second-order valence-corrected chi connectivity index (χ2v) is 8.04. The molecule has 0 aliphatic heterocycles. The number of hydrogen-bond donors (Lipinski definition) is 1. The molecule has 0 atom stereocenters. The van der Waals surface area contributed by atoms with Crippen LogP contribution in [-0.2, 0) is 4.79 Å². The fourth-order valence-electron chi connectivity index (χ4n) is 3.11. The largest absolute Gasteiger partial charge is 0.483 e. The smallest absolute Gasteiger partial charge is 0.343 e. The minimum Gasteiger partial charge on any atom is -0.483 e. The Morgan fingerprint density at radius 1 is 1.06 bits per heavy atom. The van der Waals surface area contributed by atoms with Gasteiger partial charge in [-0.1, -0.05) is 26.0 Å². The molecule has 1 amide bonds. The molecule has 9 heteroatoms. The fourth-order valence-corrected chi connectivity index (χ4v) is 3.11. The van der Waals surface area contributed by atoms with Crippen molar-refractivity contribution in [2.24, 2.45) is 5.10 Å². The quantitative estimate of drug-likeness (QED) is 0.156. The van der Waals surface area contributed by atoms with Crippen molar-refractivity contribution in [3.63, 3.8) is 0 Å². The van der Waals surface area contributed by atoms with Gasteiger partial charge >= 0.3 is 5.97 Å². The zero-order chi connectivity index (χ0) is 25.4. The first-order chi connectivity index (χ1) is 16.7. The Balaban J connectivity index is 1.49. The van der Waals surface area contributed by atoms with E-state index in [-0.39, 0.29) is 23.8 Å². The zero-order valence-electron chi connectivity index (χ0n) is 19.6. The lowest BCUT2D eigenvalue weighted by Crippen LogP contribution is -2.25. The lowest BCUT2D eigenvalue weighted by atomic mass is 10.0. The number of ether oxygens (including phenoxy) is 2. The third kappa shape index (κ3) is 7.23. The standard InChI is InChI=1S/C26H25N3O6/c1-17(2)23-13-4-18(3)14-24(23)34-16-25(30)28-27-15-19-5-11-22(12-6-19)35-26(31)20-7-9-21(10-8-20)29(32)33/h4-15,17H,16H2,1-3H3,(H,28,30). The van der Waals surface area contributed by atoms with Crippen LogP contribution < -0.4 is 14.9 Å². The predicted molar refractivity (Wildman–Crippen MR) is 131 cm³/mol. The molecule has 0 fully saturated rings. The Morgan fingerprint density at radius 2 is 1.74 bits per heavy atom. The van der Waals surface area contributed by atoms with E-state index >= 15 is 0 Å². The summed E-state index contributed by atoms with van der Waals surface area (Å²) in [6.45, 7) is 5.91. The molecule has 3 aromatic rings. The van der Waals surface area contributed by atoms with E-state index in [2.05, 4.69) is 24.4 Å². The second-order valence-electron chi connectivity index (χ2n) is 8.04. The maximum atomic E-state index is 12.2. The first-order valence-corrected chi connectivity index (χ1v) is 10.8. The van der Waals surface area contributed by atoms with Crippen LogP contribution in [-0.4, -0.2) is 29.6 Å². The molecule has 0 aliphatic rings. The highest BCUT2D eigenvalue weighted by Crippen LogP contribution is 2.27. The first kappa shape index (κ1) is 25.1. The van der Waals surface area contributed by atoms with Crippen LogP contribution in [0, 0.1) is 17.0 Å². The number of amides is 1. The molecule has 0 radical (unpaired) electrons. The van der Waals surface area contributed by atoms with E-state index in [4.69, 9.17) is 9.47 Å². The Bertz CT molecular complexity index is 1230. The number of nitro benzene ring substituents is 1. The van der Waals surface area contributed by atoms with Gasteiger partial charge in [0.15, 0.2) is 6.61 Å². The molecule has 0 saturated carbocycles. The fraction of sp³-hybridized carbons (Fsp3) is 0.192. The highest BCUT2D eigenvalue weighted by Gasteiger charge is 2.12. The number of carbonyl (C=O) groups is 2. The van der Waals surface area contributed by atoms with Crippen LogP contribution >= 0.6 is 0 Å². The summed E-state index contributed by atoms with van der Waals surface area (Å²) in [5.41, 5.74) is 5.24. The van der Waals surface area contributed by atoms with Crippen LogP contribution in [0.4, 0.5) is 5.69 Å². The molecule has 0 aliphatic carbocycles. The molecule has 35 heavy (non-hydrogen) atoms. The van der Waals surface area contributed by atoms with Crippen molar-refractivity contribution in [2.75, 3.05) is 6.61 Å². The summed E-state index contributed by atoms with van der Waals surface area (Å²) in [4.78, 5) is 34.4. The first-order valence-electron chi connectivity index (χ1n) is 10.8. The topological polar surface area (TPSA) is 120 Å². The summed E-state index contributed by atoms with van der Waals surface area (Å²) in [6, 6.07) is 17.5. The molecule has 3 rings (SSSR count). The molecule has 0 unspecified atom stereocenters. The molecular weight excluding hydrogens is 450 g/mol. The molecule has 0 saturated heterocycles. The highest BCUT2D eigenvalue weighted by atomic mass is 16.6. The number of hydrazone groups is 1. The van der Waals surface area contributed by atoms with Crippen LogP contribution in [0.15, 0.2) is 71.8 Å². The van der Waals surface area contributed by atoms with E-state index < -0.39 is 16.8 Å². The van der Waals surface area contributed by atoms with Crippen LogP contribution in [0.25, 0.3) is 0 Å². The van der Waals surface area contributed by atoms with Crippen LogP contribution in [0.3, 0.4) is 0 Å². The van der Waals surface area contributed by atoms with Crippen LogP contribution in [0.1, 0.15) is 46.8 Å². The van der Waals surface area contributed by atoms with Gasteiger partial charge in [0, 0.05) is 12.1 Å². The van der Waals surface area contributed by atoms with Crippen molar-refractivity contribution >= 4 is 23.8 Å². The molecule has 1 N–H and O–H groups in total. The van der Waals surface area contributed by atoms with Gasteiger partial charge in [0.25, 0.3) is 11.6 Å². The van der Waals surface area contributed by atoms with Gasteiger partial charge in [-0.3, -0.25) is 14.9 Å². The number of nitrogens with zero attached hydrogens (tertiary/aromatic N) is 2. The van der Waals surface area contributed by atoms with Gasteiger partial charge in [-0.15, -0.1) is 0 Å². The maximum absolute atomic E-state index is 12.2. The van der Waals surface area contributed by atoms with E-state index in [0.717, 1.165) is 11.1 Å². The summed E-state index contributed by atoms with van der Waals surface area (Å²) < 4.78 is 11.0. The third-order valence-electron chi connectivity index (χ3n) is 4.96. The van der Waals surface area contributed by atoms with Crippen molar-refractivity contribution in [1.29, 1.82) is 0 Å². The van der Waals surface area contributed by atoms with Crippen molar-refractivity contribution in [1.82, 2.24) is 5.43 Å². The molecule has 0 spiro atoms. The minimum absolute atomic E-state index is 0.112. The zero-order valence-corrected chi connectivity index (χ0v) is 19.6. The molecule has 3 aromatic carbocycles. The molecular formula is C26H25N3O6. The van der Waals surface area contributed by atoms with Crippen molar-refractivity contribution < 1.29 is 24.0 Å². The van der Waals surface area contributed by atoms with Gasteiger partial charge in [0.2, 0.25) is 0 Å². The summed E-state index contributed by atoms with van der Waals surface area (Å²) >= 11 is 0. The number of esters is 1. The number of nitrogens with one attached hydrogen (secondary N) is 1. The minimum atomic E-state index is -0.636. The van der Waals surface area contributed by atoms with E-state index in [1.165, 1.54) is 30.5 Å². The van der Waals surface area contributed by atoms with Gasteiger partial charge in [-0.05, 0) is 72.0 Å². The van der Waals surface area contributed by atoms with Gasteiger partial charge in [-0.25, -0.2) is 10.2 Å². The number of benzene rings is 3. The number of hydrogen-bond acceptors (Lipinski definition) is 7. The van der Waals surface area contributed by atoms with E-state index in [0.29, 0.717) is 17.1 Å². The summed E-state index contributed by atoms with van der Waals surface area (Å²) in [6.07, 6.45) is 1.45. The Hall–Kier alpha value is -4.53. The lowest BCUT2D eigenvalue weighted by Gasteiger charge is -2.14. The monoisotopic (exact) mass is 475 g/mol. The molecule has 0 heterocycles. The highest BCUT2D eigenvalue weighted by molar-refractivity contribution is 5.91. The second kappa shape index (κ2) is 11.6. The average Bonchev–Trinajstić information content (AvgIpc) is 2.83. The Morgan fingerprint density at radius 3 is 2.37 bits per heavy atom. The molecule has 180 valence electrons. The Kier molecular flexibility index (Phi) is 8.29. The molecule has 9 nitrogen and oxygen atoms in total. The van der Waals surface area contributed by atoms with Gasteiger partial charge in [0.05, 0.1) is 16.7 Å². The summed E-state index contributed by atoms with van der Waals surface area (Å²) in [7, 11) is 0. The predicted octanol–water partition coefficient (Wildman–Crippen LogP) is 4.77. The molecule has 0 bridgehead atoms. The Labute approximate surface area is 202 Å². The molecule has 0 aromatic heterocycles. The number of nitro groups is 1. The van der Waals surface area contributed by atoms with E-state index in [1.807, 2.05) is 25.1 Å². The SMILES string of the molecule is Cc1ccc(C(C)C)c(OCC(=O)NN=Cc2ccc(OC(=O)c3ccc([N+](=O)[O-])cc3)cc2)c1.